The fraction of sp³-hybridized carbons (Fsp3) is 0.0909. The third-order valence-corrected chi connectivity index (χ3v) is 5.56. The molecule has 4 rings (SSSR count). The molecule has 0 aliphatic rings. The predicted octanol–water partition coefficient (Wildman–Crippen LogP) is 5.07. The first-order valence-corrected chi connectivity index (χ1v) is 9.74. The van der Waals surface area contributed by atoms with Gasteiger partial charge in [-0.25, -0.2) is 0 Å². The molecule has 0 saturated heterocycles. The van der Waals surface area contributed by atoms with Gasteiger partial charge in [0.15, 0.2) is 5.82 Å². The summed E-state index contributed by atoms with van der Waals surface area (Å²) in [7, 11) is 3.17. The molecule has 1 amide bonds. The Morgan fingerprint density at radius 1 is 0.966 bits per heavy atom. The van der Waals surface area contributed by atoms with Crippen molar-refractivity contribution in [2.45, 2.75) is 0 Å². The van der Waals surface area contributed by atoms with Crippen LogP contribution >= 0.6 is 11.3 Å². The van der Waals surface area contributed by atoms with Crippen molar-refractivity contribution < 1.29 is 14.3 Å². The summed E-state index contributed by atoms with van der Waals surface area (Å²) in [5.74, 6) is 1.41. The highest BCUT2D eigenvalue weighted by atomic mass is 32.1. The van der Waals surface area contributed by atoms with E-state index in [1.165, 1.54) is 11.3 Å². The van der Waals surface area contributed by atoms with Gasteiger partial charge in [-0.2, -0.15) is 5.10 Å². The van der Waals surface area contributed by atoms with E-state index in [-0.39, 0.29) is 5.91 Å². The molecule has 0 saturated carbocycles. The Balaban J connectivity index is 1.58. The third kappa shape index (κ3) is 3.86. The van der Waals surface area contributed by atoms with E-state index in [1.807, 2.05) is 60.7 Å². The van der Waals surface area contributed by atoms with E-state index in [9.17, 15) is 4.79 Å². The summed E-state index contributed by atoms with van der Waals surface area (Å²) in [4.78, 5) is 14.3. The van der Waals surface area contributed by atoms with Gasteiger partial charge in [-0.1, -0.05) is 42.5 Å². The number of ether oxygens (including phenoxy) is 2. The maximum absolute atomic E-state index is 12.8. The number of thiophene rings is 1. The number of benzene rings is 2. The molecule has 146 valence electrons. The zero-order valence-corrected chi connectivity index (χ0v) is 16.7. The molecule has 2 N–H and O–H groups in total. The van der Waals surface area contributed by atoms with Crippen LogP contribution in [0.5, 0.6) is 11.5 Å². The molecule has 2 heterocycles. The van der Waals surface area contributed by atoms with Crippen LogP contribution < -0.4 is 14.8 Å². The molecular formula is C22H19N3O3S. The topological polar surface area (TPSA) is 76.2 Å². The molecule has 0 fully saturated rings. The second kappa shape index (κ2) is 8.20. The molecular weight excluding hydrogens is 386 g/mol. The molecule has 2 aromatic heterocycles. The number of carbonyl (C=O) groups is 1. The normalized spacial score (nSPS) is 10.6. The maximum Gasteiger partial charge on any atom is 0.270 e. The Bertz CT molecular complexity index is 1140. The van der Waals surface area contributed by atoms with E-state index >= 15 is 0 Å². The van der Waals surface area contributed by atoms with Gasteiger partial charge in [0, 0.05) is 16.5 Å². The summed E-state index contributed by atoms with van der Waals surface area (Å²) in [6, 6.07) is 21.1. The van der Waals surface area contributed by atoms with Crippen molar-refractivity contribution in [3.8, 4) is 33.2 Å². The zero-order chi connectivity index (χ0) is 20.2. The van der Waals surface area contributed by atoms with Crippen molar-refractivity contribution in [1.29, 1.82) is 0 Å². The molecule has 6 nitrogen and oxygen atoms in total. The molecule has 29 heavy (non-hydrogen) atoms. The Labute approximate surface area is 172 Å². The minimum absolute atomic E-state index is 0.271. The van der Waals surface area contributed by atoms with Gasteiger partial charge in [0.25, 0.3) is 5.91 Å². The van der Waals surface area contributed by atoms with Gasteiger partial charge in [0.1, 0.15) is 16.4 Å². The van der Waals surface area contributed by atoms with E-state index in [2.05, 4.69) is 15.5 Å². The molecule has 7 heteroatoms. The number of H-pyrrole nitrogens is 1. The van der Waals surface area contributed by atoms with Crippen LogP contribution in [0.4, 0.5) is 5.82 Å². The molecule has 0 spiro atoms. The lowest BCUT2D eigenvalue weighted by molar-refractivity contribution is 0.102. The number of hydrogen-bond donors (Lipinski definition) is 2. The molecule has 0 atom stereocenters. The number of nitrogens with zero attached hydrogens (tertiary/aromatic N) is 1. The first kappa shape index (κ1) is 18.8. The number of rotatable bonds is 6. The van der Waals surface area contributed by atoms with E-state index in [0.29, 0.717) is 16.4 Å². The monoisotopic (exact) mass is 405 g/mol. The highest BCUT2D eigenvalue weighted by molar-refractivity contribution is 7.17. The summed E-state index contributed by atoms with van der Waals surface area (Å²) >= 11 is 1.38. The van der Waals surface area contributed by atoms with Crippen LogP contribution in [0.3, 0.4) is 0 Å². The van der Waals surface area contributed by atoms with Crippen LogP contribution in [-0.4, -0.2) is 30.3 Å². The van der Waals surface area contributed by atoms with Crippen LogP contribution in [0.2, 0.25) is 0 Å². The summed E-state index contributed by atoms with van der Waals surface area (Å²) < 4.78 is 10.8. The van der Waals surface area contributed by atoms with E-state index in [0.717, 1.165) is 27.4 Å². The Morgan fingerprint density at radius 2 is 1.69 bits per heavy atom. The summed E-state index contributed by atoms with van der Waals surface area (Å²) in [5, 5.41) is 9.98. The minimum atomic E-state index is -0.271. The van der Waals surface area contributed by atoms with Crippen LogP contribution in [0.25, 0.3) is 21.7 Å². The fourth-order valence-corrected chi connectivity index (χ4v) is 4.02. The smallest absolute Gasteiger partial charge is 0.270 e. The van der Waals surface area contributed by atoms with E-state index in [4.69, 9.17) is 9.47 Å². The zero-order valence-electron chi connectivity index (χ0n) is 15.9. The predicted molar refractivity (Wildman–Crippen MR) is 115 cm³/mol. The molecule has 0 unspecified atom stereocenters. The highest BCUT2D eigenvalue weighted by Gasteiger charge is 2.19. The first-order valence-electron chi connectivity index (χ1n) is 8.93. The quantitative estimate of drug-likeness (QED) is 0.469. The van der Waals surface area contributed by atoms with E-state index < -0.39 is 0 Å². The van der Waals surface area contributed by atoms with Crippen LogP contribution in [-0.2, 0) is 0 Å². The number of amides is 1. The molecule has 2 aromatic carbocycles. The minimum Gasteiger partial charge on any atom is -0.496 e. The Hall–Kier alpha value is -3.58. The number of carbonyl (C=O) groups excluding carboxylic acids is 1. The van der Waals surface area contributed by atoms with Crippen molar-refractivity contribution in [3.05, 3.63) is 71.6 Å². The van der Waals surface area contributed by atoms with Gasteiger partial charge in [0.05, 0.1) is 19.9 Å². The average molecular weight is 405 g/mol. The van der Waals surface area contributed by atoms with Crippen molar-refractivity contribution in [2.24, 2.45) is 0 Å². The van der Waals surface area contributed by atoms with Gasteiger partial charge < -0.3 is 14.8 Å². The largest absolute Gasteiger partial charge is 0.496 e. The van der Waals surface area contributed by atoms with Gasteiger partial charge in [-0.05, 0) is 23.8 Å². The summed E-state index contributed by atoms with van der Waals surface area (Å²) in [6.07, 6.45) is 0. The third-order valence-electron chi connectivity index (χ3n) is 4.40. The molecule has 0 aliphatic heterocycles. The number of methoxy groups -OCH3 is 2. The summed E-state index contributed by atoms with van der Waals surface area (Å²) in [5.41, 5.74) is 2.65. The average Bonchev–Trinajstić information content (AvgIpc) is 3.41. The number of para-hydroxylation sites is 1. The molecule has 0 aliphatic carbocycles. The van der Waals surface area contributed by atoms with Gasteiger partial charge in [0.2, 0.25) is 0 Å². The molecule has 0 radical (unpaired) electrons. The Kier molecular flexibility index (Phi) is 5.31. The lowest BCUT2D eigenvalue weighted by Crippen LogP contribution is -2.11. The second-order valence-corrected chi connectivity index (χ2v) is 7.25. The fourth-order valence-electron chi connectivity index (χ4n) is 2.99. The number of anilines is 1. The number of hydrogen-bond acceptors (Lipinski definition) is 5. The van der Waals surface area contributed by atoms with Gasteiger partial charge in [-0.3, -0.25) is 9.89 Å². The van der Waals surface area contributed by atoms with Crippen LogP contribution in [0, 0.1) is 0 Å². The summed E-state index contributed by atoms with van der Waals surface area (Å²) in [6.45, 7) is 0. The lowest BCUT2D eigenvalue weighted by Gasteiger charge is -2.05. The number of aromatic nitrogens is 2. The van der Waals surface area contributed by atoms with Crippen molar-refractivity contribution in [3.63, 3.8) is 0 Å². The van der Waals surface area contributed by atoms with Crippen LogP contribution in [0.15, 0.2) is 66.7 Å². The SMILES string of the molecule is COc1ccccc1-c1cc(NC(=O)c2sc(-c3ccccc3)cc2OC)n[nH]1. The first-order chi connectivity index (χ1) is 14.2. The van der Waals surface area contributed by atoms with Crippen LogP contribution in [0.1, 0.15) is 9.67 Å². The molecule has 4 aromatic rings. The number of aromatic amines is 1. The van der Waals surface area contributed by atoms with E-state index in [1.54, 1.807) is 20.3 Å². The van der Waals surface area contributed by atoms with Gasteiger partial charge in [-0.15, -0.1) is 11.3 Å². The van der Waals surface area contributed by atoms with Crippen molar-refractivity contribution >= 4 is 23.1 Å². The Morgan fingerprint density at radius 3 is 2.45 bits per heavy atom. The highest BCUT2D eigenvalue weighted by Crippen LogP contribution is 2.37. The second-order valence-electron chi connectivity index (χ2n) is 6.20. The molecule has 0 bridgehead atoms. The number of nitrogens with one attached hydrogen (secondary N) is 2. The maximum atomic E-state index is 12.8. The lowest BCUT2D eigenvalue weighted by atomic mass is 10.1. The van der Waals surface area contributed by atoms with Gasteiger partial charge >= 0.3 is 0 Å². The van der Waals surface area contributed by atoms with Crippen molar-refractivity contribution in [1.82, 2.24) is 10.2 Å². The van der Waals surface area contributed by atoms with Crippen molar-refractivity contribution in [2.75, 3.05) is 19.5 Å². The standard InChI is InChI=1S/C22H19N3O3S/c1-27-17-11-7-6-10-15(17)16-12-20(25-24-16)23-22(26)21-18(28-2)13-19(29-21)14-8-4-3-5-9-14/h3-13H,1-2H3,(H2,23,24,25,26).